The van der Waals surface area contributed by atoms with Crippen molar-refractivity contribution in [2.45, 2.75) is 52.0 Å². The Kier molecular flexibility index (Phi) is 6.56. The van der Waals surface area contributed by atoms with Gasteiger partial charge >= 0.3 is 0 Å². The van der Waals surface area contributed by atoms with Crippen LogP contribution in [0, 0.1) is 31.5 Å². The summed E-state index contributed by atoms with van der Waals surface area (Å²) in [4.78, 5) is 21.1. The molecule has 0 saturated heterocycles. The highest BCUT2D eigenvalue weighted by molar-refractivity contribution is 7.91. The molecule has 2 heterocycles. The first kappa shape index (κ1) is 24.3. The SMILES string of the molecule is Cc1cc(C)c(Oc2nc(C(C)(C)C)ccc2C(=O)NS(=N)(=O)c2cccc(F)n2)c(C)c1. The number of benzene rings is 1. The largest absolute Gasteiger partial charge is 0.438 e. The maximum atomic E-state index is 13.5. The van der Waals surface area contributed by atoms with Crippen molar-refractivity contribution in [2.24, 2.45) is 0 Å². The topological polar surface area (TPSA) is 105 Å². The second-order valence-electron chi connectivity index (χ2n) is 8.92. The van der Waals surface area contributed by atoms with E-state index in [9.17, 15) is 13.4 Å². The van der Waals surface area contributed by atoms with Gasteiger partial charge in [-0.3, -0.25) is 9.52 Å². The lowest BCUT2D eigenvalue weighted by molar-refractivity contribution is 0.0979. The van der Waals surface area contributed by atoms with Gasteiger partial charge in [-0.05, 0) is 56.2 Å². The number of halogens is 1. The van der Waals surface area contributed by atoms with Gasteiger partial charge < -0.3 is 4.74 Å². The number of aryl methyl sites for hydroxylation is 3. The molecule has 33 heavy (non-hydrogen) atoms. The van der Waals surface area contributed by atoms with Gasteiger partial charge in [0, 0.05) is 11.1 Å². The summed E-state index contributed by atoms with van der Waals surface area (Å²) in [5.41, 5.74) is 3.18. The molecule has 0 aliphatic heterocycles. The summed E-state index contributed by atoms with van der Waals surface area (Å²) >= 11 is 0. The molecule has 1 aromatic carbocycles. The number of rotatable bonds is 5. The van der Waals surface area contributed by atoms with E-state index in [1.165, 1.54) is 18.2 Å². The third-order valence-corrected chi connectivity index (χ3v) is 6.19. The number of carbonyl (C=O) groups excluding carboxylic acids is 1. The van der Waals surface area contributed by atoms with E-state index in [1.807, 2.05) is 53.7 Å². The van der Waals surface area contributed by atoms with Gasteiger partial charge in [0.2, 0.25) is 11.8 Å². The van der Waals surface area contributed by atoms with Crippen molar-refractivity contribution in [3.8, 4) is 11.6 Å². The molecule has 1 amide bonds. The maximum Gasteiger partial charge on any atom is 0.269 e. The Morgan fingerprint density at radius 2 is 1.70 bits per heavy atom. The van der Waals surface area contributed by atoms with Crippen LogP contribution in [0.5, 0.6) is 11.6 Å². The van der Waals surface area contributed by atoms with Crippen molar-refractivity contribution in [2.75, 3.05) is 0 Å². The van der Waals surface area contributed by atoms with E-state index < -0.39 is 21.8 Å². The van der Waals surface area contributed by atoms with Crippen molar-refractivity contribution in [3.05, 3.63) is 76.4 Å². The van der Waals surface area contributed by atoms with Crippen LogP contribution in [0.1, 0.15) is 53.5 Å². The van der Waals surface area contributed by atoms with Gasteiger partial charge in [0.25, 0.3) is 5.91 Å². The molecule has 0 aliphatic rings. The van der Waals surface area contributed by atoms with Crippen molar-refractivity contribution < 1.29 is 18.1 Å². The molecule has 3 rings (SSSR count). The zero-order valence-corrected chi connectivity index (χ0v) is 20.3. The second-order valence-corrected chi connectivity index (χ2v) is 10.6. The molecule has 0 radical (unpaired) electrons. The van der Waals surface area contributed by atoms with Crippen molar-refractivity contribution in [1.29, 1.82) is 4.78 Å². The van der Waals surface area contributed by atoms with Gasteiger partial charge in [-0.2, -0.15) is 4.39 Å². The Balaban J connectivity index is 2.05. The van der Waals surface area contributed by atoms with Crippen LogP contribution in [0.4, 0.5) is 4.39 Å². The number of pyridine rings is 2. The average molecular weight is 471 g/mol. The summed E-state index contributed by atoms with van der Waals surface area (Å²) < 4.78 is 42.6. The van der Waals surface area contributed by atoms with Crippen LogP contribution in [0.25, 0.3) is 0 Å². The van der Waals surface area contributed by atoms with Crippen molar-refractivity contribution in [1.82, 2.24) is 14.7 Å². The highest BCUT2D eigenvalue weighted by Gasteiger charge is 2.25. The van der Waals surface area contributed by atoms with Crippen LogP contribution < -0.4 is 9.46 Å². The number of nitrogens with zero attached hydrogens (tertiary/aromatic N) is 2. The fourth-order valence-corrected chi connectivity index (χ4v) is 4.28. The van der Waals surface area contributed by atoms with Crippen LogP contribution in [-0.2, 0) is 15.3 Å². The molecule has 7 nitrogen and oxygen atoms in total. The number of amides is 1. The number of nitrogens with one attached hydrogen (secondary N) is 2. The van der Waals surface area contributed by atoms with E-state index in [0.717, 1.165) is 22.8 Å². The molecular weight excluding hydrogens is 443 g/mol. The molecule has 174 valence electrons. The number of hydrogen-bond acceptors (Lipinski definition) is 6. The van der Waals surface area contributed by atoms with Gasteiger partial charge in [-0.15, -0.1) is 0 Å². The van der Waals surface area contributed by atoms with Gasteiger partial charge in [-0.25, -0.2) is 19.0 Å². The monoisotopic (exact) mass is 470 g/mol. The Hall–Kier alpha value is -3.33. The summed E-state index contributed by atoms with van der Waals surface area (Å²) in [6.45, 7) is 11.7. The first-order chi connectivity index (χ1) is 15.3. The quantitative estimate of drug-likeness (QED) is 0.487. The molecule has 2 N–H and O–H groups in total. The normalized spacial score (nSPS) is 13.3. The number of hydrogen-bond donors (Lipinski definition) is 2. The number of aromatic nitrogens is 2. The van der Waals surface area contributed by atoms with Crippen LogP contribution in [0.15, 0.2) is 47.5 Å². The number of carbonyl (C=O) groups is 1. The zero-order chi connectivity index (χ0) is 24.6. The first-order valence-corrected chi connectivity index (χ1v) is 11.8. The highest BCUT2D eigenvalue weighted by Crippen LogP contribution is 2.33. The van der Waals surface area contributed by atoms with Gasteiger partial charge in [0.1, 0.15) is 11.3 Å². The zero-order valence-electron chi connectivity index (χ0n) is 19.4. The Labute approximate surface area is 193 Å². The Morgan fingerprint density at radius 1 is 1.06 bits per heavy atom. The maximum absolute atomic E-state index is 13.5. The Bertz CT molecular complexity index is 1310. The molecule has 0 spiro atoms. The summed E-state index contributed by atoms with van der Waals surface area (Å²) in [7, 11) is -3.91. The van der Waals surface area contributed by atoms with Crippen LogP contribution >= 0.6 is 0 Å². The molecular formula is C24H27FN4O3S. The standard InChI is InChI=1S/C24H27FN4O3S/c1-14-12-15(2)21(16(3)13-14)32-23-17(10-11-18(27-23)24(4,5)6)22(30)29-33(26,31)20-9-7-8-19(25)28-20/h7-13H,1-6H3,(H2,26,29,30,31). The number of ether oxygens (including phenoxy) is 1. The summed E-state index contributed by atoms with van der Waals surface area (Å²) in [5.74, 6) is -1.15. The highest BCUT2D eigenvalue weighted by atomic mass is 32.2. The molecule has 2 aromatic heterocycles. The van der Waals surface area contributed by atoms with Crippen LogP contribution in [0.2, 0.25) is 0 Å². The van der Waals surface area contributed by atoms with Gasteiger partial charge in [0.05, 0.1) is 0 Å². The molecule has 0 saturated carbocycles. The fourth-order valence-electron chi connectivity index (χ4n) is 3.32. The van der Waals surface area contributed by atoms with Crippen LogP contribution in [0.3, 0.4) is 0 Å². The summed E-state index contributed by atoms with van der Waals surface area (Å²) in [5, 5.41) is -0.386. The molecule has 0 aliphatic carbocycles. The Morgan fingerprint density at radius 3 is 2.27 bits per heavy atom. The van der Waals surface area contributed by atoms with E-state index >= 15 is 0 Å². The minimum Gasteiger partial charge on any atom is -0.438 e. The van der Waals surface area contributed by atoms with Crippen LogP contribution in [-0.4, -0.2) is 20.1 Å². The minimum absolute atomic E-state index is 0.00115. The van der Waals surface area contributed by atoms with E-state index in [1.54, 1.807) is 6.07 Å². The van der Waals surface area contributed by atoms with Gasteiger partial charge in [-0.1, -0.05) is 44.5 Å². The summed E-state index contributed by atoms with van der Waals surface area (Å²) in [6, 6.07) is 10.7. The van der Waals surface area contributed by atoms with E-state index in [0.29, 0.717) is 11.4 Å². The lowest BCUT2D eigenvalue weighted by atomic mass is 9.91. The first-order valence-electron chi connectivity index (χ1n) is 10.3. The lowest BCUT2D eigenvalue weighted by Gasteiger charge is -2.21. The molecule has 1 atom stereocenters. The molecule has 0 fully saturated rings. The van der Waals surface area contributed by atoms with E-state index in [4.69, 9.17) is 9.52 Å². The third-order valence-electron chi connectivity index (χ3n) is 4.90. The average Bonchev–Trinajstić information content (AvgIpc) is 2.69. The molecule has 1 unspecified atom stereocenters. The lowest BCUT2D eigenvalue weighted by Crippen LogP contribution is -2.31. The molecule has 9 heteroatoms. The second kappa shape index (κ2) is 8.90. The predicted molar refractivity (Wildman–Crippen MR) is 124 cm³/mol. The minimum atomic E-state index is -3.91. The third kappa shape index (κ3) is 5.54. The smallest absolute Gasteiger partial charge is 0.269 e. The van der Waals surface area contributed by atoms with Gasteiger partial charge in [0.15, 0.2) is 14.9 Å². The van der Waals surface area contributed by atoms with Crippen molar-refractivity contribution >= 4 is 15.8 Å². The molecule has 0 bridgehead atoms. The van der Waals surface area contributed by atoms with Crippen molar-refractivity contribution in [3.63, 3.8) is 0 Å². The van der Waals surface area contributed by atoms with E-state index in [-0.39, 0.29) is 21.9 Å². The van der Waals surface area contributed by atoms with E-state index in [2.05, 4.69) is 14.7 Å². The predicted octanol–water partition coefficient (Wildman–Crippen LogP) is 5.38. The summed E-state index contributed by atoms with van der Waals surface area (Å²) in [6.07, 6.45) is 0. The molecule has 3 aromatic rings. The fraction of sp³-hybridized carbons (Fsp3) is 0.292.